The standard InChI is InChI=1S/C11H18N2O2S/c1-7(2)16-10-13-11(5-3-4-6-11)8(15-10)9(12)14/h7-8H,3-6H2,1-2H3,(H2,12,14). The zero-order chi connectivity index (χ0) is 11.8. The third-order valence-electron chi connectivity index (χ3n) is 3.08. The van der Waals surface area contributed by atoms with Crippen LogP contribution in [0.5, 0.6) is 0 Å². The molecule has 1 saturated carbocycles. The first kappa shape index (κ1) is 11.8. The molecular formula is C11H18N2O2S. The Labute approximate surface area is 100 Å². The molecule has 0 aromatic heterocycles. The van der Waals surface area contributed by atoms with Gasteiger partial charge in [0.15, 0.2) is 0 Å². The Morgan fingerprint density at radius 2 is 2.19 bits per heavy atom. The van der Waals surface area contributed by atoms with Gasteiger partial charge in [0.05, 0.1) is 0 Å². The highest BCUT2D eigenvalue weighted by Gasteiger charge is 2.51. The fraction of sp³-hybridized carbons (Fsp3) is 0.818. The molecule has 2 N–H and O–H groups in total. The van der Waals surface area contributed by atoms with Crippen LogP contribution in [0.25, 0.3) is 0 Å². The van der Waals surface area contributed by atoms with Gasteiger partial charge in [-0.25, -0.2) is 4.99 Å². The third kappa shape index (κ3) is 2.05. The molecule has 0 aromatic rings. The maximum atomic E-state index is 11.4. The van der Waals surface area contributed by atoms with E-state index < -0.39 is 6.10 Å². The molecular weight excluding hydrogens is 224 g/mol. The van der Waals surface area contributed by atoms with E-state index >= 15 is 0 Å². The van der Waals surface area contributed by atoms with Gasteiger partial charge in [-0.15, -0.1) is 0 Å². The first-order valence-electron chi connectivity index (χ1n) is 5.76. The van der Waals surface area contributed by atoms with Crippen molar-refractivity contribution in [3.05, 3.63) is 0 Å². The molecule has 1 heterocycles. The van der Waals surface area contributed by atoms with Crippen molar-refractivity contribution < 1.29 is 9.53 Å². The number of aliphatic imine (C=N–C) groups is 1. The van der Waals surface area contributed by atoms with Crippen LogP contribution in [0.1, 0.15) is 39.5 Å². The lowest BCUT2D eigenvalue weighted by Gasteiger charge is -2.23. The highest BCUT2D eigenvalue weighted by molar-refractivity contribution is 8.14. The van der Waals surface area contributed by atoms with Crippen LogP contribution >= 0.6 is 11.8 Å². The summed E-state index contributed by atoms with van der Waals surface area (Å²) in [5.74, 6) is -0.384. The smallest absolute Gasteiger partial charge is 0.261 e. The summed E-state index contributed by atoms with van der Waals surface area (Å²) < 4.78 is 5.61. The van der Waals surface area contributed by atoms with Crippen LogP contribution in [0.15, 0.2) is 4.99 Å². The van der Waals surface area contributed by atoms with E-state index in [1.54, 1.807) is 11.8 Å². The molecule has 1 atom stereocenters. The van der Waals surface area contributed by atoms with Crippen LogP contribution in [-0.2, 0) is 9.53 Å². The first-order valence-corrected chi connectivity index (χ1v) is 6.64. The lowest BCUT2D eigenvalue weighted by molar-refractivity contribution is -0.126. The summed E-state index contributed by atoms with van der Waals surface area (Å²) in [5.41, 5.74) is 5.05. The Morgan fingerprint density at radius 3 is 2.69 bits per heavy atom. The fourth-order valence-corrected chi connectivity index (χ4v) is 3.21. The van der Waals surface area contributed by atoms with Crippen LogP contribution in [-0.4, -0.2) is 28.0 Å². The van der Waals surface area contributed by atoms with Crippen molar-refractivity contribution in [1.29, 1.82) is 0 Å². The second-order valence-corrected chi connectivity index (χ2v) is 6.28. The van der Waals surface area contributed by atoms with Crippen LogP contribution in [0, 0.1) is 0 Å². The van der Waals surface area contributed by atoms with Crippen molar-refractivity contribution in [2.45, 2.75) is 56.4 Å². The Morgan fingerprint density at radius 1 is 1.56 bits per heavy atom. The molecule has 1 fully saturated rings. The molecule has 1 spiro atoms. The van der Waals surface area contributed by atoms with Gasteiger partial charge < -0.3 is 10.5 Å². The van der Waals surface area contributed by atoms with Gasteiger partial charge >= 0.3 is 0 Å². The van der Waals surface area contributed by atoms with Gasteiger partial charge in [0.25, 0.3) is 5.91 Å². The summed E-state index contributed by atoms with van der Waals surface area (Å²) in [6.07, 6.45) is 3.51. The summed E-state index contributed by atoms with van der Waals surface area (Å²) in [6, 6.07) is 0. The minimum atomic E-state index is -0.545. The Bertz CT molecular complexity index is 322. The molecule has 0 saturated heterocycles. The van der Waals surface area contributed by atoms with E-state index in [0.717, 1.165) is 25.7 Å². The van der Waals surface area contributed by atoms with Crippen molar-refractivity contribution in [3.8, 4) is 0 Å². The number of nitrogens with zero attached hydrogens (tertiary/aromatic N) is 1. The van der Waals surface area contributed by atoms with Gasteiger partial charge in [0, 0.05) is 5.25 Å². The summed E-state index contributed by atoms with van der Waals surface area (Å²) in [4.78, 5) is 16.0. The maximum Gasteiger partial charge on any atom is 0.261 e. The number of carbonyl (C=O) groups is 1. The summed E-state index contributed by atoms with van der Waals surface area (Å²) in [7, 11) is 0. The van der Waals surface area contributed by atoms with Crippen molar-refractivity contribution in [3.63, 3.8) is 0 Å². The van der Waals surface area contributed by atoms with E-state index in [1.165, 1.54) is 0 Å². The van der Waals surface area contributed by atoms with Gasteiger partial charge in [-0.05, 0) is 12.8 Å². The Hall–Kier alpha value is -0.710. The van der Waals surface area contributed by atoms with Crippen molar-refractivity contribution in [2.75, 3.05) is 0 Å². The molecule has 90 valence electrons. The number of thioether (sulfide) groups is 1. The lowest BCUT2D eigenvalue weighted by Crippen LogP contribution is -2.45. The van der Waals surface area contributed by atoms with Crippen molar-refractivity contribution >= 4 is 22.9 Å². The van der Waals surface area contributed by atoms with Crippen LogP contribution in [0.4, 0.5) is 0 Å². The molecule has 4 nitrogen and oxygen atoms in total. The van der Waals surface area contributed by atoms with Gasteiger partial charge in [0.1, 0.15) is 5.54 Å². The Balaban J connectivity index is 2.18. The van der Waals surface area contributed by atoms with Gasteiger partial charge in [-0.3, -0.25) is 4.79 Å². The number of carbonyl (C=O) groups excluding carboxylic acids is 1. The monoisotopic (exact) mass is 242 g/mol. The van der Waals surface area contributed by atoms with E-state index in [0.29, 0.717) is 10.5 Å². The molecule has 1 amide bonds. The average molecular weight is 242 g/mol. The van der Waals surface area contributed by atoms with E-state index in [9.17, 15) is 4.79 Å². The van der Waals surface area contributed by atoms with Gasteiger partial charge in [-0.2, -0.15) is 0 Å². The van der Waals surface area contributed by atoms with Gasteiger partial charge in [0.2, 0.25) is 11.3 Å². The summed E-state index contributed by atoms with van der Waals surface area (Å²) >= 11 is 1.56. The normalized spacial score (nSPS) is 27.2. The minimum Gasteiger partial charge on any atom is -0.457 e. The van der Waals surface area contributed by atoms with Crippen molar-refractivity contribution in [2.24, 2.45) is 10.7 Å². The molecule has 16 heavy (non-hydrogen) atoms. The molecule has 5 heteroatoms. The second-order valence-electron chi connectivity index (χ2n) is 4.76. The zero-order valence-corrected chi connectivity index (χ0v) is 10.5. The number of hydrogen-bond acceptors (Lipinski definition) is 4. The largest absolute Gasteiger partial charge is 0.457 e. The van der Waals surface area contributed by atoms with E-state index in [-0.39, 0.29) is 11.4 Å². The number of ether oxygens (including phenoxy) is 1. The maximum absolute atomic E-state index is 11.4. The number of hydrogen-bond donors (Lipinski definition) is 1. The molecule has 1 aliphatic carbocycles. The number of amides is 1. The first-order chi connectivity index (χ1) is 7.53. The van der Waals surface area contributed by atoms with Crippen molar-refractivity contribution in [1.82, 2.24) is 0 Å². The number of rotatable bonds is 2. The molecule has 1 aliphatic heterocycles. The topological polar surface area (TPSA) is 64.7 Å². The number of primary amides is 1. The highest BCUT2D eigenvalue weighted by atomic mass is 32.2. The van der Waals surface area contributed by atoms with Crippen LogP contribution < -0.4 is 5.73 Å². The fourth-order valence-electron chi connectivity index (χ4n) is 2.42. The predicted molar refractivity (Wildman–Crippen MR) is 65.4 cm³/mol. The third-order valence-corrected chi connectivity index (χ3v) is 3.95. The van der Waals surface area contributed by atoms with E-state index in [2.05, 4.69) is 18.8 Å². The molecule has 2 rings (SSSR count). The zero-order valence-electron chi connectivity index (χ0n) is 9.73. The summed E-state index contributed by atoms with van der Waals surface area (Å²) in [5, 5.41) is 1.05. The Kier molecular flexibility index (Phi) is 3.15. The van der Waals surface area contributed by atoms with Crippen LogP contribution in [0.3, 0.4) is 0 Å². The highest BCUT2D eigenvalue weighted by Crippen LogP contribution is 2.42. The minimum absolute atomic E-state index is 0.344. The molecule has 1 unspecified atom stereocenters. The van der Waals surface area contributed by atoms with Crippen LogP contribution in [0.2, 0.25) is 0 Å². The molecule has 0 radical (unpaired) electrons. The molecule has 0 aromatic carbocycles. The van der Waals surface area contributed by atoms with E-state index in [4.69, 9.17) is 10.5 Å². The SMILES string of the molecule is CC(C)SC1=NC2(CCCC2)C(C(N)=O)O1. The quantitative estimate of drug-likeness (QED) is 0.801. The predicted octanol–water partition coefficient (Wildman–Crippen LogP) is 1.68. The molecule has 2 aliphatic rings. The summed E-state index contributed by atoms with van der Waals surface area (Å²) in [6.45, 7) is 4.16. The molecule has 0 bridgehead atoms. The number of nitrogens with two attached hydrogens (primary N) is 1. The lowest BCUT2D eigenvalue weighted by atomic mass is 9.91. The van der Waals surface area contributed by atoms with Gasteiger partial charge in [-0.1, -0.05) is 38.5 Å². The van der Waals surface area contributed by atoms with E-state index in [1.807, 2.05) is 0 Å². The second kappa shape index (κ2) is 4.28. The average Bonchev–Trinajstić information content (AvgIpc) is 2.74.